The summed E-state index contributed by atoms with van der Waals surface area (Å²) in [6.07, 6.45) is 4.97. The normalized spacial score (nSPS) is 16.2. The summed E-state index contributed by atoms with van der Waals surface area (Å²) in [6, 6.07) is 14.2. The Morgan fingerprint density at radius 3 is 1.57 bits per heavy atom. The zero-order chi connectivity index (χ0) is 16.4. The summed E-state index contributed by atoms with van der Waals surface area (Å²) in [4.78, 5) is 0. The van der Waals surface area contributed by atoms with Crippen molar-refractivity contribution in [2.45, 2.75) is 37.8 Å². The summed E-state index contributed by atoms with van der Waals surface area (Å²) >= 11 is 0. The zero-order valence-corrected chi connectivity index (χ0v) is 13.8. The van der Waals surface area contributed by atoms with Crippen LogP contribution in [0.5, 0.6) is 0 Å². The van der Waals surface area contributed by atoms with Gasteiger partial charge >= 0.3 is 0 Å². The van der Waals surface area contributed by atoms with Gasteiger partial charge in [0.2, 0.25) is 0 Å². The molecule has 2 aromatic rings. The minimum atomic E-state index is -0.224. The van der Waals surface area contributed by atoms with Crippen LogP contribution in [0, 0.1) is 11.6 Å². The van der Waals surface area contributed by atoms with Gasteiger partial charge in [0.25, 0.3) is 0 Å². The third-order valence-electron chi connectivity index (χ3n) is 5.30. The van der Waals surface area contributed by atoms with E-state index in [4.69, 9.17) is 0 Å². The van der Waals surface area contributed by atoms with Gasteiger partial charge < -0.3 is 4.48 Å². The molecule has 1 nitrogen and oxygen atoms in total. The lowest BCUT2D eigenvalue weighted by Crippen LogP contribution is -2.50. The highest BCUT2D eigenvalue weighted by Crippen LogP contribution is 2.39. The number of halogens is 2. The van der Waals surface area contributed by atoms with Gasteiger partial charge in [0.15, 0.2) is 0 Å². The Bertz CT molecular complexity index is 595. The molecule has 0 bridgehead atoms. The van der Waals surface area contributed by atoms with Gasteiger partial charge in [-0.1, -0.05) is 0 Å². The van der Waals surface area contributed by atoms with Crippen LogP contribution in [0.2, 0.25) is 0 Å². The van der Waals surface area contributed by atoms with Crippen LogP contribution in [-0.4, -0.2) is 24.6 Å². The van der Waals surface area contributed by atoms with Crippen LogP contribution in [0.4, 0.5) is 8.78 Å². The number of benzene rings is 2. The quantitative estimate of drug-likeness (QED) is 0.691. The summed E-state index contributed by atoms with van der Waals surface area (Å²) in [6.45, 7) is 0. The van der Waals surface area contributed by atoms with E-state index < -0.39 is 0 Å². The average Bonchev–Trinajstić information content (AvgIpc) is 3.06. The molecule has 0 saturated heterocycles. The third-order valence-corrected chi connectivity index (χ3v) is 5.30. The molecule has 1 aliphatic rings. The zero-order valence-electron chi connectivity index (χ0n) is 13.8. The molecule has 3 heteroatoms. The van der Waals surface area contributed by atoms with Crippen molar-refractivity contribution in [3.05, 3.63) is 71.3 Å². The highest BCUT2D eigenvalue weighted by Gasteiger charge is 2.39. The van der Waals surface area contributed by atoms with Gasteiger partial charge in [-0.15, -0.1) is 0 Å². The standard InChI is InChI=1S/C20H24F2N/c1-23(2,19-5-3-4-6-19)20(15-7-11-17(21)12-8-15)16-9-13-18(22)14-10-16/h7-14,19-20H,3-6H2,1-2H3/q+1. The minimum absolute atomic E-state index is 0.0827. The van der Waals surface area contributed by atoms with Crippen LogP contribution in [0.25, 0.3) is 0 Å². The molecule has 0 radical (unpaired) electrons. The van der Waals surface area contributed by atoms with Crippen molar-refractivity contribution in [2.75, 3.05) is 14.1 Å². The van der Waals surface area contributed by atoms with Crippen molar-refractivity contribution in [1.29, 1.82) is 0 Å². The molecule has 0 aliphatic heterocycles. The Morgan fingerprint density at radius 1 is 0.783 bits per heavy atom. The summed E-state index contributed by atoms with van der Waals surface area (Å²) in [5.41, 5.74) is 2.16. The van der Waals surface area contributed by atoms with E-state index in [0.29, 0.717) is 6.04 Å². The molecule has 0 amide bonds. The lowest BCUT2D eigenvalue weighted by molar-refractivity contribution is -0.938. The maximum atomic E-state index is 13.3. The van der Waals surface area contributed by atoms with E-state index in [9.17, 15) is 8.78 Å². The van der Waals surface area contributed by atoms with E-state index in [2.05, 4.69) is 14.1 Å². The van der Waals surface area contributed by atoms with E-state index >= 15 is 0 Å². The SMILES string of the molecule is C[N+](C)(C1CCCC1)C(c1ccc(F)cc1)c1ccc(F)cc1. The fraction of sp³-hybridized carbons (Fsp3) is 0.400. The molecule has 1 fully saturated rings. The highest BCUT2D eigenvalue weighted by molar-refractivity contribution is 5.30. The van der Waals surface area contributed by atoms with E-state index in [-0.39, 0.29) is 17.7 Å². The van der Waals surface area contributed by atoms with Crippen molar-refractivity contribution in [3.63, 3.8) is 0 Å². The van der Waals surface area contributed by atoms with Crippen LogP contribution in [0.3, 0.4) is 0 Å². The molecule has 0 N–H and O–H groups in total. The molecule has 0 unspecified atom stereocenters. The number of hydrogen-bond acceptors (Lipinski definition) is 0. The predicted octanol–water partition coefficient (Wildman–Crippen LogP) is 5.07. The topological polar surface area (TPSA) is 0 Å². The smallest absolute Gasteiger partial charge is 0.140 e. The van der Waals surface area contributed by atoms with Crippen molar-refractivity contribution in [1.82, 2.24) is 0 Å². The Hall–Kier alpha value is -1.74. The summed E-state index contributed by atoms with van der Waals surface area (Å²) < 4.78 is 27.5. The fourth-order valence-electron chi connectivity index (χ4n) is 4.03. The first kappa shape index (κ1) is 16.1. The Morgan fingerprint density at radius 2 is 1.17 bits per heavy atom. The van der Waals surface area contributed by atoms with Crippen molar-refractivity contribution < 1.29 is 13.3 Å². The van der Waals surface area contributed by atoms with Crippen LogP contribution >= 0.6 is 0 Å². The molecule has 0 spiro atoms. The number of quaternary nitrogens is 1. The van der Waals surface area contributed by atoms with Crippen LogP contribution in [0.15, 0.2) is 48.5 Å². The summed E-state index contributed by atoms with van der Waals surface area (Å²) in [7, 11) is 4.49. The second-order valence-electron chi connectivity index (χ2n) is 7.07. The lowest BCUT2D eigenvalue weighted by atomic mass is 9.93. The monoisotopic (exact) mass is 316 g/mol. The molecule has 3 rings (SSSR count). The number of nitrogens with zero attached hydrogens (tertiary/aromatic N) is 1. The van der Waals surface area contributed by atoms with Crippen molar-refractivity contribution >= 4 is 0 Å². The van der Waals surface area contributed by atoms with Crippen LogP contribution in [0.1, 0.15) is 42.9 Å². The number of hydrogen-bond donors (Lipinski definition) is 0. The molecular weight excluding hydrogens is 292 g/mol. The van der Waals surface area contributed by atoms with Crippen molar-refractivity contribution in [3.8, 4) is 0 Å². The molecule has 0 heterocycles. The Balaban J connectivity index is 2.05. The van der Waals surface area contributed by atoms with Gasteiger partial charge in [-0.05, 0) is 74.2 Å². The molecule has 1 saturated carbocycles. The minimum Gasteiger partial charge on any atom is -0.316 e. The molecule has 23 heavy (non-hydrogen) atoms. The van der Waals surface area contributed by atoms with Crippen LogP contribution in [-0.2, 0) is 0 Å². The van der Waals surface area contributed by atoms with Gasteiger partial charge in [-0.3, -0.25) is 0 Å². The largest absolute Gasteiger partial charge is 0.316 e. The highest BCUT2D eigenvalue weighted by atomic mass is 19.1. The average molecular weight is 316 g/mol. The maximum Gasteiger partial charge on any atom is 0.140 e. The molecule has 122 valence electrons. The number of rotatable bonds is 4. The first-order chi connectivity index (χ1) is 11.0. The first-order valence-corrected chi connectivity index (χ1v) is 8.33. The Kier molecular flexibility index (Phi) is 4.49. The lowest BCUT2D eigenvalue weighted by Gasteiger charge is -2.43. The van der Waals surface area contributed by atoms with Gasteiger partial charge in [-0.25, -0.2) is 8.78 Å². The molecular formula is C20H24F2N+. The first-order valence-electron chi connectivity index (χ1n) is 8.33. The predicted molar refractivity (Wildman–Crippen MR) is 89.0 cm³/mol. The third kappa shape index (κ3) is 3.30. The van der Waals surface area contributed by atoms with Gasteiger partial charge in [0, 0.05) is 11.1 Å². The molecule has 0 aromatic heterocycles. The Labute approximate surface area is 137 Å². The van der Waals surface area contributed by atoms with E-state index in [1.807, 2.05) is 24.3 Å². The van der Waals surface area contributed by atoms with Crippen molar-refractivity contribution in [2.24, 2.45) is 0 Å². The molecule has 1 aliphatic carbocycles. The molecule has 2 aromatic carbocycles. The second kappa shape index (κ2) is 6.40. The molecule has 0 atom stereocenters. The second-order valence-corrected chi connectivity index (χ2v) is 7.07. The summed E-state index contributed by atoms with van der Waals surface area (Å²) in [5.74, 6) is -0.449. The van der Waals surface area contributed by atoms with Crippen LogP contribution < -0.4 is 0 Å². The fourth-order valence-corrected chi connectivity index (χ4v) is 4.03. The van der Waals surface area contributed by atoms with E-state index in [1.54, 1.807) is 0 Å². The van der Waals surface area contributed by atoms with E-state index in [1.165, 1.54) is 49.9 Å². The summed E-state index contributed by atoms with van der Waals surface area (Å²) in [5, 5.41) is 0. The van der Waals surface area contributed by atoms with Gasteiger partial charge in [0.05, 0.1) is 20.1 Å². The van der Waals surface area contributed by atoms with E-state index in [0.717, 1.165) is 15.6 Å². The van der Waals surface area contributed by atoms with Gasteiger partial charge in [0.1, 0.15) is 17.7 Å². The van der Waals surface area contributed by atoms with Gasteiger partial charge in [-0.2, -0.15) is 0 Å². The maximum absolute atomic E-state index is 13.3.